The molecular formula is C14H21N7O. The normalized spacial score (nSPS) is 21.5. The number of amides is 1. The number of likely N-dealkylation sites (tertiary alicyclic amines) is 1. The summed E-state index contributed by atoms with van der Waals surface area (Å²) >= 11 is 0. The quantitative estimate of drug-likeness (QED) is 0.823. The molecule has 2 aromatic rings. The minimum absolute atomic E-state index is 0.0947. The summed E-state index contributed by atoms with van der Waals surface area (Å²) in [7, 11) is 1.85. The van der Waals surface area contributed by atoms with Gasteiger partial charge in [0, 0.05) is 19.6 Å². The van der Waals surface area contributed by atoms with Crippen molar-refractivity contribution in [3.8, 4) is 0 Å². The first kappa shape index (κ1) is 14.7. The molecule has 0 spiro atoms. The van der Waals surface area contributed by atoms with E-state index in [2.05, 4.69) is 26.9 Å². The van der Waals surface area contributed by atoms with E-state index in [0.29, 0.717) is 23.9 Å². The lowest BCUT2D eigenvalue weighted by Gasteiger charge is -2.25. The summed E-state index contributed by atoms with van der Waals surface area (Å²) in [6, 6.07) is 0.243. The summed E-state index contributed by atoms with van der Waals surface area (Å²) in [6.45, 7) is 3.72. The minimum atomic E-state index is 0.0947. The Kier molecular flexibility index (Phi) is 3.93. The van der Waals surface area contributed by atoms with Gasteiger partial charge in [-0.05, 0) is 25.8 Å². The van der Waals surface area contributed by atoms with Crippen LogP contribution in [0.1, 0.15) is 13.3 Å². The van der Waals surface area contributed by atoms with Crippen molar-refractivity contribution in [1.82, 2.24) is 24.8 Å². The number of aromatic amines is 1. The van der Waals surface area contributed by atoms with Gasteiger partial charge in [0.1, 0.15) is 11.8 Å². The molecule has 1 aliphatic rings. The van der Waals surface area contributed by atoms with Gasteiger partial charge in [-0.1, -0.05) is 0 Å². The molecule has 118 valence electrons. The van der Waals surface area contributed by atoms with E-state index in [1.54, 1.807) is 6.33 Å². The van der Waals surface area contributed by atoms with E-state index in [9.17, 15) is 4.79 Å². The van der Waals surface area contributed by atoms with Gasteiger partial charge in [0.05, 0.1) is 12.9 Å². The maximum Gasteiger partial charge on any atom is 0.242 e. The molecule has 2 aromatic heterocycles. The van der Waals surface area contributed by atoms with Crippen molar-refractivity contribution >= 4 is 22.9 Å². The Morgan fingerprint density at radius 3 is 3.05 bits per heavy atom. The second kappa shape index (κ2) is 5.88. The number of nitrogens with one attached hydrogen (secondary N) is 1. The van der Waals surface area contributed by atoms with Crippen LogP contribution >= 0.6 is 0 Å². The third-order valence-electron chi connectivity index (χ3n) is 4.25. The lowest BCUT2D eigenvalue weighted by molar-refractivity contribution is -0.130. The number of nitrogens with two attached hydrogens (primary N) is 1. The highest BCUT2D eigenvalue weighted by molar-refractivity contribution is 5.87. The first-order valence-electron chi connectivity index (χ1n) is 7.45. The Balaban J connectivity index is 1.73. The summed E-state index contributed by atoms with van der Waals surface area (Å²) in [5.74, 6) is 1.18. The minimum Gasteiger partial charge on any atom is -0.348 e. The number of nitrogens with zero attached hydrogens (tertiary/aromatic N) is 5. The van der Waals surface area contributed by atoms with Crippen molar-refractivity contribution in [1.29, 1.82) is 0 Å². The summed E-state index contributed by atoms with van der Waals surface area (Å²) < 4.78 is 0. The van der Waals surface area contributed by atoms with Crippen LogP contribution in [0.4, 0.5) is 5.82 Å². The van der Waals surface area contributed by atoms with Crippen LogP contribution in [0, 0.1) is 5.92 Å². The number of aromatic nitrogens is 4. The van der Waals surface area contributed by atoms with Gasteiger partial charge in [0.2, 0.25) is 5.91 Å². The van der Waals surface area contributed by atoms with E-state index in [1.165, 1.54) is 6.33 Å². The summed E-state index contributed by atoms with van der Waals surface area (Å²) in [5.41, 5.74) is 7.07. The Bertz CT molecular complexity index is 670. The molecule has 0 bridgehead atoms. The third-order valence-corrected chi connectivity index (χ3v) is 4.25. The Labute approximate surface area is 128 Å². The van der Waals surface area contributed by atoms with Crippen LogP contribution in [0.5, 0.6) is 0 Å². The van der Waals surface area contributed by atoms with Gasteiger partial charge >= 0.3 is 0 Å². The number of imidazole rings is 1. The molecular weight excluding hydrogens is 282 g/mol. The van der Waals surface area contributed by atoms with Gasteiger partial charge in [-0.2, -0.15) is 0 Å². The van der Waals surface area contributed by atoms with Crippen molar-refractivity contribution in [3.05, 3.63) is 12.7 Å². The molecule has 2 atom stereocenters. The lowest BCUT2D eigenvalue weighted by atomic mass is 10.1. The van der Waals surface area contributed by atoms with Gasteiger partial charge in [-0.15, -0.1) is 0 Å². The molecule has 1 saturated heterocycles. The van der Waals surface area contributed by atoms with Gasteiger partial charge in [-0.3, -0.25) is 4.79 Å². The SMILES string of the molecule is CC1CC(CN)CN1C(=O)CN(C)c1ncnc2nc[nH]c12. The van der Waals surface area contributed by atoms with E-state index < -0.39 is 0 Å². The zero-order valence-corrected chi connectivity index (χ0v) is 12.9. The number of fused-ring (bicyclic) bond motifs is 1. The van der Waals surface area contributed by atoms with E-state index >= 15 is 0 Å². The fourth-order valence-electron chi connectivity index (χ4n) is 3.07. The number of carbonyl (C=O) groups is 1. The highest BCUT2D eigenvalue weighted by Gasteiger charge is 2.32. The molecule has 1 amide bonds. The second-order valence-corrected chi connectivity index (χ2v) is 5.89. The van der Waals surface area contributed by atoms with E-state index in [4.69, 9.17) is 5.73 Å². The molecule has 0 radical (unpaired) electrons. The zero-order chi connectivity index (χ0) is 15.7. The average Bonchev–Trinajstić information content (AvgIpc) is 3.12. The summed E-state index contributed by atoms with van der Waals surface area (Å²) in [5, 5.41) is 0. The largest absolute Gasteiger partial charge is 0.348 e. The van der Waals surface area contributed by atoms with Crippen molar-refractivity contribution in [2.45, 2.75) is 19.4 Å². The van der Waals surface area contributed by atoms with Crippen molar-refractivity contribution < 1.29 is 4.79 Å². The van der Waals surface area contributed by atoms with Gasteiger partial charge in [-0.25, -0.2) is 15.0 Å². The highest BCUT2D eigenvalue weighted by atomic mass is 16.2. The van der Waals surface area contributed by atoms with Crippen molar-refractivity contribution in [3.63, 3.8) is 0 Å². The van der Waals surface area contributed by atoms with Gasteiger partial charge in [0.25, 0.3) is 0 Å². The van der Waals surface area contributed by atoms with Crippen LogP contribution < -0.4 is 10.6 Å². The molecule has 0 saturated carbocycles. The fourth-order valence-corrected chi connectivity index (χ4v) is 3.07. The number of anilines is 1. The first-order chi connectivity index (χ1) is 10.6. The van der Waals surface area contributed by atoms with Crippen LogP contribution in [0.15, 0.2) is 12.7 Å². The highest BCUT2D eigenvalue weighted by Crippen LogP contribution is 2.23. The molecule has 2 unspecified atom stereocenters. The number of hydrogen-bond donors (Lipinski definition) is 2. The average molecular weight is 303 g/mol. The van der Waals surface area contributed by atoms with Gasteiger partial charge in [0.15, 0.2) is 11.5 Å². The van der Waals surface area contributed by atoms with E-state index in [-0.39, 0.29) is 18.5 Å². The summed E-state index contributed by atoms with van der Waals surface area (Å²) in [4.78, 5) is 31.8. The maximum absolute atomic E-state index is 12.5. The number of hydrogen-bond acceptors (Lipinski definition) is 6. The summed E-state index contributed by atoms with van der Waals surface area (Å²) in [6.07, 6.45) is 4.01. The molecule has 3 heterocycles. The molecule has 8 nitrogen and oxygen atoms in total. The monoisotopic (exact) mass is 303 g/mol. The Morgan fingerprint density at radius 2 is 2.32 bits per heavy atom. The lowest BCUT2D eigenvalue weighted by Crippen LogP contribution is -2.41. The molecule has 0 aliphatic carbocycles. The molecule has 22 heavy (non-hydrogen) atoms. The number of likely N-dealkylation sites (N-methyl/N-ethyl adjacent to an activating group) is 1. The Hall–Kier alpha value is -2.22. The van der Waals surface area contributed by atoms with Crippen LogP contribution in [0.25, 0.3) is 11.2 Å². The molecule has 0 aromatic carbocycles. The first-order valence-corrected chi connectivity index (χ1v) is 7.45. The van der Waals surface area contributed by atoms with Crippen LogP contribution in [0.3, 0.4) is 0 Å². The van der Waals surface area contributed by atoms with Crippen molar-refractivity contribution in [2.24, 2.45) is 11.7 Å². The number of carbonyl (C=O) groups excluding carboxylic acids is 1. The predicted octanol–water partition coefficient (Wildman–Crippen LogP) is -0.0152. The molecule has 8 heteroatoms. The second-order valence-electron chi connectivity index (χ2n) is 5.89. The number of rotatable bonds is 4. The third kappa shape index (κ3) is 2.61. The Morgan fingerprint density at radius 1 is 1.50 bits per heavy atom. The molecule has 3 N–H and O–H groups in total. The maximum atomic E-state index is 12.5. The molecule has 1 fully saturated rings. The van der Waals surface area contributed by atoms with E-state index in [1.807, 2.05) is 16.8 Å². The van der Waals surface area contributed by atoms with Crippen molar-refractivity contribution in [2.75, 3.05) is 31.6 Å². The fraction of sp³-hybridized carbons (Fsp3) is 0.571. The standard InChI is InChI=1S/C14H21N7O/c1-9-3-10(4-15)5-21(9)11(22)6-20(2)14-12-13(17-7-16-12)18-8-19-14/h7-10H,3-6,15H2,1-2H3,(H,16,17,18,19). The smallest absolute Gasteiger partial charge is 0.242 e. The van der Waals surface area contributed by atoms with Crippen LogP contribution in [0.2, 0.25) is 0 Å². The van der Waals surface area contributed by atoms with Crippen LogP contribution in [-0.4, -0.2) is 63.5 Å². The molecule has 3 rings (SSSR count). The molecule has 1 aliphatic heterocycles. The topological polar surface area (TPSA) is 104 Å². The van der Waals surface area contributed by atoms with Crippen LogP contribution in [-0.2, 0) is 4.79 Å². The number of H-pyrrole nitrogens is 1. The predicted molar refractivity (Wildman–Crippen MR) is 83.3 cm³/mol. The zero-order valence-electron chi connectivity index (χ0n) is 12.9. The van der Waals surface area contributed by atoms with E-state index in [0.717, 1.165) is 18.5 Å². The van der Waals surface area contributed by atoms with Gasteiger partial charge < -0.3 is 20.5 Å².